The molecule has 0 unspecified atom stereocenters. The molecule has 0 bridgehead atoms. The first kappa shape index (κ1) is 18.2. The van der Waals surface area contributed by atoms with E-state index < -0.39 is 17.7 Å². The number of halogens is 2. The highest BCUT2D eigenvalue weighted by atomic mass is 19.1. The maximum Gasteiger partial charge on any atom is 0.323 e. The van der Waals surface area contributed by atoms with Crippen LogP contribution >= 0.6 is 0 Å². The van der Waals surface area contributed by atoms with Gasteiger partial charge in [-0.25, -0.2) is 13.6 Å². The summed E-state index contributed by atoms with van der Waals surface area (Å²) >= 11 is 0. The molecule has 8 heteroatoms. The number of hydrogen-bond donors (Lipinski definition) is 3. The van der Waals surface area contributed by atoms with Gasteiger partial charge >= 0.3 is 6.03 Å². The first-order valence-electron chi connectivity index (χ1n) is 7.43. The summed E-state index contributed by atoms with van der Waals surface area (Å²) in [7, 11) is 1.44. The highest BCUT2D eigenvalue weighted by Gasteiger charge is 2.14. The molecule has 3 N–H and O–H groups in total. The molecule has 0 saturated heterocycles. The Bertz CT molecular complexity index is 776. The van der Waals surface area contributed by atoms with Gasteiger partial charge in [0.15, 0.2) is 0 Å². The summed E-state index contributed by atoms with van der Waals surface area (Å²) < 4.78 is 31.4. The minimum absolute atomic E-state index is 0.0579. The Kier molecular flexibility index (Phi) is 5.89. The second-order valence-corrected chi connectivity index (χ2v) is 5.01. The van der Waals surface area contributed by atoms with E-state index in [1.807, 2.05) is 0 Å². The van der Waals surface area contributed by atoms with Crippen LogP contribution in [0.4, 0.5) is 25.0 Å². The van der Waals surface area contributed by atoms with Gasteiger partial charge < -0.3 is 20.7 Å². The van der Waals surface area contributed by atoms with Crippen molar-refractivity contribution in [2.45, 2.75) is 6.92 Å². The van der Waals surface area contributed by atoms with E-state index in [4.69, 9.17) is 4.74 Å². The van der Waals surface area contributed by atoms with Gasteiger partial charge in [0.2, 0.25) is 0 Å². The van der Waals surface area contributed by atoms with E-state index in [9.17, 15) is 18.4 Å². The monoisotopic (exact) mass is 349 g/mol. The number of benzene rings is 2. The quantitative estimate of drug-likeness (QED) is 0.774. The number of anilines is 2. The van der Waals surface area contributed by atoms with Gasteiger partial charge in [-0.15, -0.1) is 0 Å². The number of methoxy groups -OCH3 is 1. The Balaban J connectivity index is 2.22. The normalized spacial score (nSPS) is 10.1. The van der Waals surface area contributed by atoms with Crippen molar-refractivity contribution in [2.24, 2.45) is 0 Å². The van der Waals surface area contributed by atoms with E-state index in [-0.39, 0.29) is 22.8 Å². The van der Waals surface area contributed by atoms with Crippen molar-refractivity contribution in [2.75, 3.05) is 24.3 Å². The number of amides is 3. The number of urea groups is 1. The van der Waals surface area contributed by atoms with E-state index in [0.717, 1.165) is 12.1 Å². The van der Waals surface area contributed by atoms with Crippen molar-refractivity contribution in [3.05, 3.63) is 53.6 Å². The van der Waals surface area contributed by atoms with Crippen LogP contribution in [0.3, 0.4) is 0 Å². The lowest BCUT2D eigenvalue weighted by molar-refractivity contribution is 0.0956. The third kappa shape index (κ3) is 4.90. The van der Waals surface area contributed by atoms with Crippen molar-refractivity contribution in [1.82, 2.24) is 5.32 Å². The van der Waals surface area contributed by atoms with Gasteiger partial charge in [0.1, 0.15) is 17.4 Å². The van der Waals surface area contributed by atoms with Crippen molar-refractivity contribution < 1.29 is 23.1 Å². The molecule has 2 rings (SSSR count). The van der Waals surface area contributed by atoms with Crippen LogP contribution in [0.15, 0.2) is 36.4 Å². The predicted molar refractivity (Wildman–Crippen MR) is 90.0 cm³/mol. The van der Waals surface area contributed by atoms with Crippen LogP contribution in [-0.2, 0) is 0 Å². The molecule has 25 heavy (non-hydrogen) atoms. The average Bonchev–Trinajstić information content (AvgIpc) is 2.53. The zero-order valence-electron chi connectivity index (χ0n) is 13.7. The summed E-state index contributed by atoms with van der Waals surface area (Å²) in [5.74, 6) is -1.59. The van der Waals surface area contributed by atoms with Crippen LogP contribution < -0.4 is 20.7 Å². The second kappa shape index (κ2) is 8.09. The summed E-state index contributed by atoms with van der Waals surface area (Å²) in [4.78, 5) is 24.2. The molecule has 0 spiro atoms. The van der Waals surface area contributed by atoms with Crippen LogP contribution in [0.5, 0.6) is 5.75 Å². The van der Waals surface area contributed by atoms with Gasteiger partial charge in [-0.3, -0.25) is 4.79 Å². The Hall–Kier alpha value is -3.16. The molecule has 0 heterocycles. The number of nitrogens with one attached hydrogen (secondary N) is 3. The Morgan fingerprint density at radius 2 is 1.72 bits per heavy atom. The lowest BCUT2D eigenvalue weighted by Crippen LogP contribution is -2.26. The van der Waals surface area contributed by atoms with E-state index >= 15 is 0 Å². The first-order chi connectivity index (χ1) is 11.9. The van der Waals surface area contributed by atoms with Crippen LogP contribution in [0.2, 0.25) is 0 Å². The van der Waals surface area contributed by atoms with Gasteiger partial charge in [-0.05, 0) is 31.2 Å². The van der Waals surface area contributed by atoms with Crippen molar-refractivity contribution in [3.63, 3.8) is 0 Å². The molecule has 0 atom stereocenters. The number of ether oxygens (including phenoxy) is 1. The lowest BCUT2D eigenvalue weighted by Gasteiger charge is -2.13. The van der Waals surface area contributed by atoms with E-state index in [0.29, 0.717) is 18.4 Å². The maximum absolute atomic E-state index is 13.2. The van der Waals surface area contributed by atoms with Gasteiger partial charge in [0.25, 0.3) is 5.91 Å². The van der Waals surface area contributed by atoms with Gasteiger partial charge in [0, 0.05) is 24.4 Å². The molecule has 0 aliphatic rings. The fraction of sp³-hybridized carbons (Fsp3) is 0.176. The van der Waals surface area contributed by atoms with Crippen LogP contribution in [0, 0.1) is 11.6 Å². The van der Waals surface area contributed by atoms with Crippen molar-refractivity contribution >= 4 is 23.3 Å². The molecule has 6 nitrogen and oxygen atoms in total. The lowest BCUT2D eigenvalue weighted by atomic mass is 10.1. The standard InChI is InChI=1S/C17H17F2N3O3/c1-3-20-16(23)14-5-4-13(25-2)9-15(14)22-17(24)21-12-7-10(18)6-11(19)8-12/h4-9H,3H2,1-2H3,(H,20,23)(H2,21,22,24). The molecule has 0 aliphatic heterocycles. The average molecular weight is 349 g/mol. The molecule has 0 radical (unpaired) electrons. The van der Waals surface area contributed by atoms with E-state index in [1.165, 1.54) is 19.2 Å². The SMILES string of the molecule is CCNC(=O)c1ccc(OC)cc1NC(=O)Nc1cc(F)cc(F)c1. The molecular weight excluding hydrogens is 332 g/mol. The molecular formula is C17H17F2N3O3. The minimum Gasteiger partial charge on any atom is -0.497 e. The topological polar surface area (TPSA) is 79.5 Å². The first-order valence-corrected chi connectivity index (χ1v) is 7.43. The molecule has 3 amide bonds. The van der Waals surface area contributed by atoms with E-state index in [1.54, 1.807) is 13.0 Å². The zero-order chi connectivity index (χ0) is 18.4. The summed E-state index contributed by atoms with van der Waals surface area (Å²) in [6.07, 6.45) is 0. The smallest absolute Gasteiger partial charge is 0.323 e. The summed E-state index contributed by atoms with van der Waals surface area (Å²) in [6, 6.07) is 6.42. The number of rotatable bonds is 5. The largest absolute Gasteiger partial charge is 0.497 e. The second-order valence-electron chi connectivity index (χ2n) is 5.01. The molecule has 0 aliphatic carbocycles. The van der Waals surface area contributed by atoms with Crippen LogP contribution in [-0.4, -0.2) is 25.6 Å². The maximum atomic E-state index is 13.2. The van der Waals surface area contributed by atoms with Crippen molar-refractivity contribution in [1.29, 1.82) is 0 Å². The minimum atomic E-state index is -0.820. The molecule has 0 aromatic heterocycles. The summed E-state index contributed by atoms with van der Waals surface area (Å²) in [5.41, 5.74) is 0.361. The molecule has 0 saturated carbocycles. The van der Waals surface area contributed by atoms with Gasteiger partial charge in [-0.1, -0.05) is 0 Å². The number of carbonyl (C=O) groups excluding carboxylic acids is 2. The third-order valence-electron chi connectivity index (χ3n) is 3.18. The number of hydrogen-bond acceptors (Lipinski definition) is 3. The van der Waals surface area contributed by atoms with Gasteiger partial charge in [-0.2, -0.15) is 0 Å². The predicted octanol–water partition coefficient (Wildman–Crippen LogP) is 3.37. The van der Waals surface area contributed by atoms with Crippen molar-refractivity contribution in [3.8, 4) is 5.75 Å². The van der Waals surface area contributed by atoms with Crippen LogP contribution in [0.1, 0.15) is 17.3 Å². The van der Waals surface area contributed by atoms with Gasteiger partial charge in [0.05, 0.1) is 18.4 Å². The summed E-state index contributed by atoms with van der Waals surface area (Å²) in [6.45, 7) is 2.18. The Morgan fingerprint density at radius 1 is 1.04 bits per heavy atom. The Labute approximate surface area is 143 Å². The highest BCUT2D eigenvalue weighted by Crippen LogP contribution is 2.23. The molecule has 2 aromatic carbocycles. The fourth-order valence-electron chi connectivity index (χ4n) is 2.12. The highest BCUT2D eigenvalue weighted by molar-refractivity contribution is 6.06. The molecule has 0 fully saturated rings. The number of carbonyl (C=O) groups is 2. The Morgan fingerprint density at radius 3 is 2.32 bits per heavy atom. The molecule has 2 aromatic rings. The molecule has 132 valence electrons. The third-order valence-corrected chi connectivity index (χ3v) is 3.18. The summed E-state index contributed by atoms with van der Waals surface area (Å²) in [5, 5.41) is 7.41. The van der Waals surface area contributed by atoms with Crippen LogP contribution in [0.25, 0.3) is 0 Å². The van der Waals surface area contributed by atoms with E-state index in [2.05, 4.69) is 16.0 Å². The zero-order valence-corrected chi connectivity index (χ0v) is 13.7. The fourth-order valence-corrected chi connectivity index (χ4v) is 2.12.